The van der Waals surface area contributed by atoms with Gasteiger partial charge in [0.25, 0.3) is 0 Å². The van der Waals surface area contributed by atoms with Gasteiger partial charge >= 0.3 is 0 Å². The number of hydrogen-bond acceptors (Lipinski definition) is 4. The lowest BCUT2D eigenvalue weighted by Crippen LogP contribution is -2.32. The Morgan fingerprint density at radius 2 is 2.31 bits per heavy atom. The highest BCUT2D eigenvalue weighted by Crippen LogP contribution is 2.14. The number of aliphatic hydroxyl groups is 1. The summed E-state index contributed by atoms with van der Waals surface area (Å²) in [6, 6.07) is 3.58. The third kappa shape index (κ3) is 3.20. The van der Waals surface area contributed by atoms with Gasteiger partial charge in [-0.1, -0.05) is 0 Å². The highest BCUT2D eigenvalue weighted by molar-refractivity contribution is 5.80. The van der Waals surface area contributed by atoms with Crippen molar-refractivity contribution in [3.63, 3.8) is 0 Å². The van der Waals surface area contributed by atoms with Crippen molar-refractivity contribution in [3.05, 3.63) is 24.0 Å². The summed E-state index contributed by atoms with van der Waals surface area (Å²) in [6.07, 6.45) is 1.07. The number of pyridine rings is 1. The number of nitrogens with one attached hydrogen (secondary N) is 1. The van der Waals surface area contributed by atoms with Crippen molar-refractivity contribution < 1.29 is 9.90 Å². The van der Waals surface area contributed by atoms with E-state index in [0.717, 1.165) is 5.69 Å². The van der Waals surface area contributed by atoms with Crippen LogP contribution >= 0.6 is 0 Å². The molecule has 0 bridgehead atoms. The van der Waals surface area contributed by atoms with Crippen LogP contribution in [0.3, 0.4) is 0 Å². The quantitative estimate of drug-likeness (QED) is 0.771. The Morgan fingerprint density at radius 1 is 1.62 bits per heavy atom. The standard InChI is InChI=1S/C11H17N3O2/c1-8(15)10-5-4-9(6-13-10)14(3)7-11(16)12-2/h4-6,8,15H,7H2,1-3H3,(H,12,16)/t8-/m0/s1. The molecule has 0 aliphatic rings. The molecule has 1 atom stereocenters. The summed E-state index contributed by atoms with van der Waals surface area (Å²) in [5.41, 5.74) is 1.46. The average Bonchev–Trinajstić information content (AvgIpc) is 2.28. The molecular formula is C11H17N3O2. The molecule has 0 aliphatic carbocycles. The highest BCUT2D eigenvalue weighted by atomic mass is 16.3. The van der Waals surface area contributed by atoms with Crippen molar-refractivity contribution in [3.8, 4) is 0 Å². The van der Waals surface area contributed by atoms with Crippen molar-refractivity contribution in [1.82, 2.24) is 10.3 Å². The van der Waals surface area contributed by atoms with Crippen LogP contribution in [-0.2, 0) is 4.79 Å². The van der Waals surface area contributed by atoms with Crippen LogP contribution in [0.1, 0.15) is 18.7 Å². The summed E-state index contributed by atoms with van der Waals surface area (Å²) in [4.78, 5) is 17.1. The van der Waals surface area contributed by atoms with Crippen LogP contribution in [0.4, 0.5) is 5.69 Å². The minimum Gasteiger partial charge on any atom is -0.387 e. The van der Waals surface area contributed by atoms with Gasteiger partial charge in [0.15, 0.2) is 0 Å². The Balaban J connectivity index is 2.70. The Bertz CT molecular complexity index is 349. The minimum atomic E-state index is -0.571. The van der Waals surface area contributed by atoms with Gasteiger partial charge in [-0.15, -0.1) is 0 Å². The van der Waals surface area contributed by atoms with Crippen LogP contribution in [0.2, 0.25) is 0 Å². The van der Waals surface area contributed by atoms with Gasteiger partial charge in [-0.05, 0) is 19.1 Å². The van der Waals surface area contributed by atoms with Gasteiger partial charge in [0.05, 0.1) is 30.2 Å². The second-order valence-corrected chi connectivity index (χ2v) is 3.65. The molecule has 0 spiro atoms. The smallest absolute Gasteiger partial charge is 0.239 e. The largest absolute Gasteiger partial charge is 0.387 e. The Labute approximate surface area is 95.1 Å². The average molecular weight is 223 g/mol. The van der Waals surface area contributed by atoms with E-state index in [4.69, 9.17) is 0 Å². The fraction of sp³-hybridized carbons (Fsp3) is 0.455. The third-order valence-electron chi connectivity index (χ3n) is 2.30. The predicted octanol–water partition coefficient (Wildman–Crippen LogP) is 0.317. The second-order valence-electron chi connectivity index (χ2n) is 3.65. The molecule has 1 aromatic rings. The molecule has 1 amide bonds. The van der Waals surface area contributed by atoms with Gasteiger partial charge in [-0.25, -0.2) is 0 Å². The molecule has 0 saturated heterocycles. The predicted molar refractivity (Wildman–Crippen MR) is 62.2 cm³/mol. The number of amides is 1. The minimum absolute atomic E-state index is 0.0536. The number of carbonyl (C=O) groups excluding carboxylic acids is 1. The molecule has 5 nitrogen and oxygen atoms in total. The number of carbonyl (C=O) groups is 1. The Morgan fingerprint density at radius 3 is 2.75 bits per heavy atom. The fourth-order valence-electron chi connectivity index (χ4n) is 1.26. The van der Waals surface area contributed by atoms with E-state index in [-0.39, 0.29) is 12.5 Å². The summed E-state index contributed by atoms with van der Waals surface area (Å²) in [5.74, 6) is -0.0536. The summed E-state index contributed by atoms with van der Waals surface area (Å²) in [5, 5.41) is 11.9. The number of aromatic nitrogens is 1. The van der Waals surface area contributed by atoms with Gasteiger partial charge in [-0.3, -0.25) is 9.78 Å². The monoisotopic (exact) mass is 223 g/mol. The summed E-state index contributed by atoms with van der Waals surface area (Å²) < 4.78 is 0. The topological polar surface area (TPSA) is 65.5 Å². The molecule has 1 heterocycles. The zero-order valence-electron chi connectivity index (χ0n) is 9.77. The van der Waals surface area contributed by atoms with E-state index < -0.39 is 6.10 Å². The maximum atomic E-state index is 11.2. The maximum absolute atomic E-state index is 11.2. The SMILES string of the molecule is CNC(=O)CN(C)c1ccc([C@H](C)O)nc1. The number of anilines is 1. The molecule has 0 fully saturated rings. The van der Waals surface area contributed by atoms with E-state index in [2.05, 4.69) is 10.3 Å². The summed E-state index contributed by atoms with van der Waals surface area (Å²) in [7, 11) is 3.42. The van der Waals surface area contributed by atoms with E-state index in [0.29, 0.717) is 5.69 Å². The van der Waals surface area contributed by atoms with Crippen molar-refractivity contribution in [1.29, 1.82) is 0 Å². The van der Waals surface area contributed by atoms with Crippen molar-refractivity contribution >= 4 is 11.6 Å². The lowest BCUT2D eigenvalue weighted by atomic mass is 10.2. The molecule has 0 radical (unpaired) electrons. The molecule has 1 aromatic heterocycles. The van der Waals surface area contributed by atoms with Crippen LogP contribution in [-0.4, -0.2) is 36.6 Å². The highest BCUT2D eigenvalue weighted by Gasteiger charge is 2.07. The lowest BCUT2D eigenvalue weighted by Gasteiger charge is -2.18. The molecule has 0 unspecified atom stereocenters. The van der Waals surface area contributed by atoms with E-state index in [9.17, 15) is 9.90 Å². The molecule has 0 aromatic carbocycles. The third-order valence-corrected chi connectivity index (χ3v) is 2.30. The van der Waals surface area contributed by atoms with Crippen LogP contribution in [0.15, 0.2) is 18.3 Å². The first-order valence-electron chi connectivity index (χ1n) is 5.10. The van der Waals surface area contributed by atoms with Crippen LogP contribution in [0, 0.1) is 0 Å². The number of rotatable bonds is 4. The molecule has 0 aliphatic heterocycles. The fourth-order valence-corrected chi connectivity index (χ4v) is 1.26. The first-order chi connectivity index (χ1) is 7.54. The summed E-state index contributed by atoms with van der Waals surface area (Å²) >= 11 is 0. The Hall–Kier alpha value is -1.62. The maximum Gasteiger partial charge on any atom is 0.239 e. The first-order valence-corrected chi connectivity index (χ1v) is 5.10. The van der Waals surface area contributed by atoms with E-state index in [1.54, 1.807) is 31.1 Å². The van der Waals surface area contributed by atoms with Crippen molar-refractivity contribution in [2.45, 2.75) is 13.0 Å². The normalized spacial score (nSPS) is 12.0. The summed E-state index contributed by atoms with van der Waals surface area (Å²) in [6.45, 7) is 1.95. The Kier molecular flexibility index (Phi) is 4.25. The molecule has 88 valence electrons. The van der Waals surface area contributed by atoms with Crippen LogP contribution < -0.4 is 10.2 Å². The van der Waals surface area contributed by atoms with Crippen LogP contribution in [0.5, 0.6) is 0 Å². The van der Waals surface area contributed by atoms with Gasteiger partial charge in [0.2, 0.25) is 5.91 Å². The molecule has 1 rings (SSSR count). The van der Waals surface area contributed by atoms with Gasteiger partial charge in [-0.2, -0.15) is 0 Å². The molecule has 5 heteroatoms. The zero-order chi connectivity index (χ0) is 12.1. The van der Waals surface area contributed by atoms with E-state index >= 15 is 0 Å². The van der Waals surface area contributed by atoms with Gasteiger partial charge < -0.3 is 15.3 Å². The second kappa shape index (κ2) is 5.46. The van der Waals surface area contributed by atoms with E-state index in [1.807, 2.05) is 13.1 Å². The molecule has 16 heavy (non-hydrogen) atoms. The molecule has 2 N–H and O–H groups in total. The van der Waals surface area contributed by atoms with Gasteiger partial charge in [0.1, 0.15) is 0 Å². The lowest BCUT2D eigenvalue weighted by molar-refractivity contribution is -0.119. The number of aliphatic hydroxyl groups excluding tert-OH is 1. The van der Waals surface area contributed by atoms with E-state index in [1.165, 1.54) is 0 Å². The number of likely N-dealkylation sites (N-methyl/N-ethyl adjacent to an activating group) is 2. The zero-order valence-corrected chi connectivity index (χ0v) is 9.77. The molecule has 0 saturated carbocycles. The first kappa shape index (κ1) is 12.4. The van der Waals surface area contributed by atoms with Gasteiger partial charge in [0, 0.05) is 14.1 Å². The molecular weight excluding hydrogens is 206 g/mol. The van der Waals surface area contributed by atoms with Crippen molar-refractivity contribution in [2.24, 2.45) is 0 Å². The number of nitrogens with zero attached hydrogens (tertiary/aromatic N) is 2. The van der Waals surface area contributed by atoms with Crippen molar-refractivity contribution in [2.75, 3.05) is 25.5 Å². The van der Waals surface area contributed by atoms with Crippen LogP contribution in [0.25, 0.3) is 0 Å². The number of hydrogen-bond donors (Lipinski definition) is 2.